The lowest BCUT2D eigenvalue weighted by molar-refractivity contribution is 0.139. The molecule has 0 bridgehead atoms. The van der Waals surface area contributed by atoms with E-state index >= 15 is 0 Å². The summed E-state index contributed by atoms with van der Waals surface area (Å²) in [6.45, 7) is 8.02. The van der Waals surface area contributed by atoms with Gasteiger partial charge < -0.3 is 14.5 Å². The molecule has 1 aromatic carbocycles. The molecule has 0 unspecified atom stereocenters. The van der Waals surface area contributed by atoms with Crippen molar-refractivity contribution >= 4 is 14.4 Å². The van der Waals surface area contributed by atoms with Crippen LogP contribution in [0.3, 0.4) is 0 Å². The van der Waals surface area contributed by atoms with Crippen LogP contribution in [-0.4, -0.2) is 27.6 Å². The molecule has 106 valence electrons. The molecule has 0 aliphatic carbocycles. The molecule has 0 saturated heterocycles. The zero-order valence-electron chi connectivity index (χ0n) is 11.9. The molecule has 1 rings (SSSR count). The van der Waals surface area contributed by atoms with Crippen LogP contribution in [0.5, 0.6) is 0 Å². The second kappa shape index (κ2) is 7.96. The van der Waals surface area contributed by atoms with Gasteiger partial charge in [0.25, 0.3) is 0 Å². The van der Waals surface area contributed by atoms with E-state index in [-0.39, 0.29) is 6.09 Å². The van der Waals surface area contributed by atoms with Gasteiger partial charge in [0, 0.05) is 13.2 Å². The van der Waals surface area contributed by atoms with E-state index < -0.39 is 8.32 Å². The maximum absolute atomic E-state index is 11.4. The molecule has 0 fully saturated rings. The Hall–Kier alpha value is -1.33. The van der Waals surface area contributed by atoms with Crippen molar-refractivity contribution < 1.29 is 14.0 Å². The summed E-state index contributed by atoms with van der Waals surface area (Å²) in [5.74, 6) is 0. The van der Waals surface area contributed by atoms with Crippen LogP contribution >= 0.6 is 0 Å². The number of carbonyl (C=O) groups excluding carboxylic acids is 1. The molecule has 0 spiro atoms. The van der Waals surface area contributed by atoms with Crippen LogP contribution in [0.4, 0.5) is 4.79 Å². The molecule has 0 aliphatic rings. The minimum atomic E-state index is -1.44. The molecule has 0 radical (unpaired) electrons. The molecule has 4 nitrogen and oxygen atoms in total. The predicted molar refractivity (Wildman–Crippen MR) is 78.5 cm³/mol. The van der Waals surface area contributed by atoms with Crippen molar-refractivity contribution in [2.45, 2.75) is 32.7 Å². The Balaban J connectivity index is 2.06. The summed E-state index contributed by atoms with van der Waals surface area (Å²) >= 11 is 0. The largest absolute Gasteiger partial charge is 0.445 e. The average Bonchev–Trinajstić information content (AvgIpc) is 2.36. The number of amides is 1. The number of hydrogen-bond donors (Lipinski definition) is 1. The topological polar surface area (TPSA) is 47.6 Å². The van der Waals surface area contributed by atoms with E-state index in [1.54, 1.807) is 0 Å². The van der Waals surface area contributed by atoms with E-state index in [4.69, 9.17) is 9.16 Å². The highest BCUT2D eigenvalue weighted by Crippen LogP contribution is 2.03. The molecule has 0 saturated carbocycles. The van der Waals surface area contributed by atoms with Crippen LogP contribution in [-0.2, 0) is 15.8 Å². The van der Waals surface area contributed by atoms with Crippen LogP contribution in [0.2, 0.25) is 19.6 Å². The first-order chi connectivity index (χ1) is 8.97. The maximum Gasteiger partial charge on any atom is 0.407 e. The normalized spacial score (nSPS) is 11.1. The second-order valence-electron chi connectivity index (χ2n) is 5.30. The maximum atomic E-state index is 11.4. The summed E-state index contributed by atoms with van der Waals surface area (Å²) in [6, 6.07) is 9.63. The zero-order valence-corrected chi connectivity index (χ0v) is 12.9. The van der Waals surface area contributed by atoms with Crippen molar-refractivity contribution in [3.8, 4) is 0 Å². The molecule has 0 aromatic heterocycles. The number of hydrogen-bond acceptors (Lipinski definition) is 3. The monoisotopic (exact) mass is 281 g/mol. The van der Waals surface area contributed by atoms with Crippen molar-refractivity contribution in [1.82, 2.24) is 5.32 Å². The Morgan fingerprint density at radius 2 is 1.89 bits per heavy atom. The lowest BCUT2D eigenvalue weighted by Gasteiger charge is -2.16. The quantitative estimate of drug-likeness (QED) is 0.617. The van der Waals surface area contributed by atoms with Crippen molar-refractivity contribution in [2.24, 2.45) is 0 Å². The number of ether oxygens (including phenoxy) is 1. The van der Waals surface area contributed by atoms with Crippen LogP contribution in [0.25, 0.3) is 0 Å². The molecular formula is C14H23NO3Si. The van der Waals surface area contributed by atoms with Gasteiger partial charge in [-0.2, -0.15) is 0 Å². The fourth-order valence-electron chi connectivity index (χ4n) is 1.42. The van der Waals surface area contributed by atoms with E-state index in [9.17, 15) is 4.79 Å². The molecule has 5 heteroatoms. The third-order valence-electron chi connectivity index (χ3n) is 2.34. The SMILES string of the molecule is C[Si](C)(C)OCCCNC(=O)OCc1ccccc1. The van der Waals surface area contributed by atoms with Crippen molar-refractivity contribution in [3.05, 3.63) is 35.9 Å². The van der Waals surface area contributed by atoms with Crippen molar-refractivity contribution in [3.63, 3.8) is 0 Å². The molecule has 1 N–H and O–H groups in total. The Morgan fingerprint density at radius 1 is 1.21 bits per heavy atom. The Morgan fingerprint density at radius 3 is 2.53 bits per heavy atom. The number of rotatable bonds is 7. The number of nitrogens with one attached hydrogen (secondary N) is 1. The smallest absolute Gasteiger partial charge is 0.407 e. The lowest BCUT2D eigenvalue weighted by atomic mass is 10.2. The van der Waals surface area contributed by atoms with Gasteiger partial charge in [0.05, 0.1) is 0 Å². The number of benzene rings is 1. The lowest BCUT2D eigenvalue weighted by Crippen LogP contribution is -2.29. The van der Waals surface area contributed by atoms with E-state index in [0.29, 0.717) is 19.8 Å². The summed E-state index contributed by atoms with van der Waals surface area (Å²) in [5.41, 5.74) is 0.986. The van der Waals surface area contributed by atoms with Crippen LogP contribution in [0.1, 0.15) is 12.0 Å². The molecule has 0 aliphatic heterocycles. The molecule has 1 aromatic rings. The summed E-state index contributed by atoms with van der Waals surface area (Å²) in [4.78, 5) is 11.4. The third kappa shape index (κ3) is 8.39. The van der Waals surface area contributed by atoms with Gasteiger partial charge in [0.2, 0.25) is 0 Å². The van der Waals surface area contributed by atoms with Gasteiger partial charge >= 0.3 is 6.09 Å². The minimum Gasteiger partial charge on any atom is -0.445 e. The standard InChI is InChI=1S/C14H23NO3Si/c1-19(2,3)18-11-7-10-15-14(16)17-12-13-8-5-4-6-9-13/h4-6,8-9H,7,10-12H2,1-3H3,(H,15,16). The van der Waals surface area contributed by atoms with Gasteiger partial charge in [-0.25, -0.2) is 4.79 Å². The molecule has 0 atom stereocenters. The van der Waals surface area contributed by atoms with Crippen molar-refractivity contribution in [2.75, 3.05) is 13.2 Å². The average molecular weight is 281 g/mol. The molecule has 1 amide bonds. The predicted octanol–water partition coefficient (Wildman–Crippen LogP) is 3.15. The highest BCUT2D eigenvalue weighted by atomic mass is 28.4. The first-order valence-corrected chi connectivity index (χ1v) is 9.97. The van der Waals surface area contributed by atoms with E-state index in [1.807, 2.05) is 30.3 Å². The first kappa shape index (κ1) is 15.7. The van der Waals surface area contributed by atoms with Gasteiger partial charge in [-0.05, 0) is 31.6 Å². The van der Waals surface area contributed by atoms with Crippen LogP contribution in [0.15, 0.2) is 30.3 Å². The van der Waals surface area contributed by atoms with Crippen LogP contribution in [0, 0.1) is 0 Å². The third-order valence-corrected chi connectivity index (χ3v) is 3.41. The first-order valence-electron chi connectivity index (χ1n) is 6.56. The summed E-state index contributed by atoms with van der Waals surface area (Å²) in [6.07, 6.45) is 0.432. The fourth-order valence-corrected chi connectivity index (χ4v) is 2.17. The summed E-state index contributed by atoms with van der Waals surface area (Å²) in [5, 5.41) is 2.71. The molecule has 19 heavy (non-hydrogen) atoms. The second-order valence-corrected chi connectivity index (χ2v) is 9.82. The van der Waals surface area contributed by atoms with Gasteiger partial charge in [0.1, 0.15) is 6.61 Å². The Kier molecular flexibility index (Phi) is 6.59. The van der Waals surface area contributed by atoms with Gasteiger partial charge in [-0.1, -0.05) is 30.3 Å². The minimum absolute atomic E-state index is 0.304. The summed E-state index contributed by atoms with van der Waals surface area (Å²) in [7, 11) is -1.44. The highest BCUT2D eigenvalue weighted by molar-refractivity contribution is 6.69. The highest BCUT2D eigenvalue weighted by Gasteiger charge is 2.13. The molecular weight excluding hydrogens is 258 g/mol. The zero-order chi connectivity index (χ0) is 14.1. The van der Waals surface area contributed by atoms with Gasteiger partial charge in [-0.3, -0.25) is 0 Å². The van der Waals surface area contributed by atoms with Gasteiger partial charge in [0.15, 0.2) is 8.32 Å². The Labute approximate surface area is 116 Å². The summed E-state index contributed by atoms with van der Waals surface area (Å²) < 4.78 is 10.8. The van der Waals surface area contributed by atoms with E-state index in [2.05, 4.69) is 25.0 Å². The molecule has 0 heterocycles. The van der Waals surface area contributed by atoms with E-state index in [1.165, 1.54) is 0 Å². The number of carbonyl (C=O) groups is 1. The van der Waals surface area contributed by atoms with Gasteiger partial charge in [-0.15, -0.1) is 0 Å². The van der Waals surface area contributed by atoms with Crippen LogP contribution < -0.4 is 5.32 Å². The fraction of sp³-hybridized carbons (Fsp3) is 0.500. The van der Waals surface area contributed by atoms with E-state index in [0.717, 1.165) is 12.0 Å². The van der Waals surface area contributed by atoms with Crippen molar-refractivity contribution in [1.29, 1.82) is 0 Å². The Bertz CT molecular complexity index is 376. The number of alkyl carbamates (subject to hydrolysis) is 1.